The van der Waals surface area contributed by atoms with Gasteiger partial charge in [0.1, 0.15) is 0 Å². The third-order valence-electron chi connectivity index (χ3n) is 4.00. The number of benzene rings is 1. The molecular weight excluding hydrogens is 198 g/mol. The molecule has 0 saturated heterocycles. The SMILES string of the molecule is OCCc1ccc2c(c1)N(C1CCC1)CC2. The van der Waals surface area contributed by atoms with Crippen LogP contribution in [-0.2, 0) is 12.8 Å². The molecule has 1 fully saturated rings. The van der Waals surface area contributed by atoms with Gasteiger partial charge in [-0.2, -0.15) is 0 Å². The molecule has 0 aromatic heterocycles. The van der Waals surface area contributed by atoms with Gasteiger partial charge in [-0.25, -0.2) is 0 Å². The number of hydrogen-bond donors (Lipinski definition) is 1. The summed E-state index contributed by atoms with van der Waals surface area (Å²) in [5.41, 5.74) is 4.21. The summed E-state index contributed by atoms with van der Waals surface area (Å²) in [4.78, 5) is 2.58. The molecule has 0 bridgehead atoms. The van der Waals surface area contributed by atoms with Crippen LogP contribution in [0.25, 0.3) is 0 Å². The predicted molar refractivity (Wildman–Crippen MR) is 65.9 cm³/mol. The van der Waals surface area contributed by atoms with Gasteiger partial charge in [0.25, 0.3) is 0 Å². The lowest BCUT2D eigenvalue weighted by molar-refractivity contribution is 0.299. The van der Waals surface area contributed by atoms with E-state index < -0.39 is 0 Å². The van der Waals surface area contributed by atoms with E-state index in [9.17, 15) is 0 Å². The topological polar surface area (TPSA) is 23.5 Å². The maximum absolute atomic E-state index is 8.99. The molecule has 1 aromatic rings. The minimum absolute atomic E-state index is 0.252. The van der Waals surface area contributed by atoms with Crippen LogP contribution in [-0.4, -0.2) is 24.3 Å². The van der Waals surface area contributed by atoms with Gasteiger partial charge in [-0.1, -0.05) is 12.1 Å². The summed E-state index contributed by atoms with van der Waals surface area (Å²) >= 11 is 0. The fourth-order valence-corrected chi connectivity index (χ4v) is 2.81. The first-order valence-electron chi connectivity index (χ1n) is 6.38. The smallest absolute Gasteiger partial charge is 0.0471 e. The maximum Gasteiger partial charge on any atom is 0.0471 e. The highest BCUT2D eigenvalue weighted by atomic mass is 16.2. The summed E-state index contributed by atoms with van der Waals surface area (Å²) in [5, 5.41) is 8.99. The van der Waals surface area contributed by atoms with Crippen LogP contribution >= 0.6 is 0 Å². The second-order valence-electron chi connectivity index (χ2n) is 4.96. The maximum atomic E-state index is 8.99. The highest BCUT2D eigenvalue weighted by molar-refractivity contribution is 5.60. The van der Waals surface area contributed by atoms with E-state index in [4.69, 9.17) is 5.11 Å². The molecule has 3 rings (SSSR count). The lowest BCUT2D eigenvalue weighted by Gasteiger charge is -2.36. The molecule has 0 spiro atoms. The zero-order valence-electron chi connectivity index (χ0n) is 9.65. The van der Waals surface area contributed by atoms with Crippen molar-refractivity contribution in [3.05, 3.63) is 29.3 Å². The molecule has 1 aromatic carbocycles. The van der Waals surface area contributed by atoms with E-state index in [1.807, 2.05) is 0 Å². The lowest BCUT2D eigenvalue weighted by Crippen LogP contribution is -2.38. The minimum Gasteiger partial charge on any atom is -0.396 e. The second kappa shape index (κ2) is 4.10. The van der Waals surface area contributed by atoms with Gasteiger partial charge in [-0.15, -0.1) is 0 Å². The third-order valence-corrected chi connectivity index (χ3v) is 4.00. The molecule has 2 heteroatoms. The van der Waals surface area contributed by atoms with Crippen LogP contribution in [0, 0.1) is 0 Å². The van der Waals surface area contributed by atoms with Crippen LogP contribution < -0.4 is 4.90 Å². The highest BCUT2D eigenvalue weighted by Crippen LogP contribution is 2.36. The Morgan fingerprint density at radius 3 is 2.88 bits per heavy atom. The van der Waals surface area contributed by atoms with E-state index in [-0.39, 0.29) is 6.61 Å². The van der Waals surface area contributed by atoms with Gasteiger partial charge in [-0.3, -0.25) is 0 Å². The van der Waals surface area contributed by atoms with Crippen LogP contribution in [0.3, 0.4) is 0 Å². The molecule has 1 heterocycles. The quantitative estimate of drug-likeness (QED) is 0.838. The zero-order valence-corrected chi connectivity index (χ0v) is 9.65. The van der Waals surface area contributed by atoms with Crippen molar-refractivity contribution >= 4 is 5.69 Å². The number of rotatable bonds is 3. The van der Waals surface area contributed by atoms with Gasteiger partial charge in [0.2, 0.25) is 0 Å². The monoisotopic (exact) mass is 217 g/mol. The highest BCUT2D eigenvalue weighted by Gasteiger charge is 2.29. The van der Waals surface area contributed by atoms with E-state index in [1.165, 1.54) is 49.0 Å². The van der Waals surface area contributed by atoms with Gasteiger partial charge in [0.15, 0.2) is 0 Å². The Morgan fingerprint density at radius 2 is 2.19 bits per heavy atom. The van der Waals surface area contributed by atoms with Crippen LogP contribution in [0.5, 0.6) is 0 Å². The molecule has 1 N–H and O–H groups in total. The first-order valence-corrected chi connectivity index (χ1v) is 6.38. The van der Waals surface area contributed by atoms with Crippen LogP contribution in [0.2, 0.25) is 0 Å². The van der Waals surface area contributed by atoms with Crippen LogP contribution in [0.4, 0.5) is 5.69 Å². The number of aliphatic hydroxyl groups is 1. The summed E-state index contributed by atoms with van der Waals surface area (Å²) in [7, 11) is 0. The Morgan fingerprint density at radius 1 is 1.31 bits per heavy atom. The van der Waals surface area contributed by atoms with E-state index >= 15 is 0 Å². The van der Waals surface area contributed by atoms with Crippen LogP contribution in [0.15, 0.2) is 18.2 Å². The van der Waals surface area contributed by atoms with Gasteiger partial charge in [0.05, 0.1) is 0 Å². The molecule has 0 radical (unpaired) electrons. The summed E-state index contributed by atoms with van der Waals surface area (Å²) < 4.78 is 0. The zero-order chi connectivity index (χ0) is 11.0. The molecule has 1 aliphatic carbocycles. The van der Waals surface area contributed by atoms with Crippen molar-refractivity contribution in [3.8, 4) is 0 Å². The molecule has 86 valence electrons. The Bertz CT molecular complexity index is 384. The van der Waals surface area contributed by atoms with E-state index in [0.717, 1.165) is 12.5 Å². The first-order chi connectivity index (χ1) is 7.88. The number of aliphatic hydroxyl groups excluding tert-OH is 1. The van der Waals surface area contributed by atoms with Gasteiger partial charge < -0.3 is 10.0 Å². The number of hydrogen-bond acceptors (Lipinski definition) is 2. The summed E-state index contributed by atoms with van der Waals surface area (Å²) in [6, 6.07) is 7.50. The van der Waals surface area contributed by atoms with Gasteiger partial charge >= 0.3 is 0 Å². The number of nitrogens with zero attached hydrogens (tertiary/aromatic N) is 1. The largest absolute Gasteiger partial charge is 0.396 e. The van der Waals surface area contributed by atoms with Gasteiger partial charge in [0, 0.05) is 24.9 Å². The summed E-state index contributed by atoms with van der Waals surface area (Å²) in [6.45, 7) is 1.45. The average Bonchev–Trinajstić information content (AvgIpc) is 2.60. The fraction of sp³-hybridized carbons (Fsp3) is 0.571. The molecular formula is C14H19NO. The standard InChI is InChI=1S/C14H19NO/c16-9-7-11-4-5-12-6-8-15(14(12)10-11)13-2-1-3-13/h4-5,10,13,16H,1-3,6-9H2. The molecule has 16 heavy (non-hydrogen) atoms. The predicted octanol–water partition coefficient (Wildman–Crippen LogP) is 2.14. The minimum atomic E-state index is 0.252. The Labute approximate surface area is 96.9 Å². The molecule has 1 saturated carbocycles. The second-order valence-corrected chi connectivity index (χ2v) is 4.96. The Balaban J connectivity index is 1.87. The Hall–Kier alpha value is -1.02. The van der Waals surface area contributed by atoms with E-state index in [0.29, 0.717) is 0 Å². The fourth-order valence-electron chi connectivity index (χ4n) is 2.81. The van der Waals surface area contributed by atoms with E-state index in [1.54, 1.807) is 0 Å². The normalized spacial score (nSPS) is 19.7. The van der Waals surface area contributed by atoms with Crippen molar-refractivity contribution in [2.75, 3.05) is 18.1 Å². The Kier molecular flexibility index (Phi) is 2.60. The van der Waals surface area contributed by atoms with Crippen molar-refractivity contribution in [2.24, 2.45) is 0 Å². The number of anilines is 1. The first kappa shape index (κ1) is 10.2. The lowest BCUT2D eigenvalue weighted by atomic mass is 9.91. The van der Waals surface area contributed by atoms with Crippen molar-refractivity contribution in [2.45, 2.75) is 38.1 Å². The average molecular weight is 217 g/mol. The van der Waals surface area contributed by atoms with Crippen molar-refractivity contribution in [3.63, 3.8) is 0 Å². The molecule has 1 aliphatic heterocycles. The summed E-state index contributed by atoms with van der Waals surface area (Å²) in [5.74, 6) is 0. The molecule has 0 atom stereocenters. The molecule has 0 unspecified atom stereocenters. The molecule has 2 aliphatic rings. The van der Waals surface area contributed by atoms with Crippen LogP contribution in [0.1, 0.15) is 30.4 Å². The van der Waals surface area contributed by atoms with Crippen molar-refractivity contribution in [1.29, 1.82) is 0 Å². The molecule has 0 amide bonds. The summed E-state index contributed by atoms with van der Waals surface area (Å²) in [6.07, 6.45) is 6.11. The number of fused-ring (bicyclic) bond motifs is 1. The third kappa shape index (κ3) is 1.61. The van der Waals surface area contributed by atoms with Crippen molar-refractivity contribution < 1.29 is 5.11 Å². The molecule has 2 nitrogen and oxygen atoms in total. The van der Waals surface area contributed by atoms with Gasteiger partial charge in [-0.05, 0) is 49.3 Å². The van der Waals surface area contributed by atoms with Crippen molar-refractivity contribution in [1.82, 2.24) is 0 Å². The van der Waals surface area contributed by atoms with E-state index in [2.05, 4.69) is 23.1 Å².